The molecule has 0 spiro atoms. The highest BCUT2D eigenvalue weighted by Crippen LogP contribution is 2.20. The summed E-state index contributed by atoms with van der Waals surface area (Å²) >= 11 is 1.57. The van der Waals surface area contributed by atoms with E-state index < -0.39 is 10.0 Å². The SMILES string of the molecule is CSc1cccc(NS(=O)(=O)Cc2ccc(CN)cc2)c1. The van der Waals surface area contributed by atoms with Crippen molar-refractivity contribution in [3.05, 3.63) is 59.7 Å². The number of anilines is 1. The van der Waals surface area contributed by atoms with Crippen molar-refractivity contribution in [2.45, 2.75) is 17.2 Å². The molecule has 0 amide bonds. The van der Waals surface area contributed by atoms with E-state index in [1.54, 1.807) is 30.0 Å². The maximum absolute atomic E-state index is 12.2. The number of nitrogens with one attached hydrogen (secondary N) is 1. The molecule has 21 heavy (non-hydrogen) atoms. The van der Waals surface area contributed by atoms with Gasteiger partial charge in [-0.3, -0.25) is 4.72 Å². The average molecular weight is 322 g/mol. The molecule has 0 heterocycles. The lowest BCUT2D eigenvalue weighted by Crippen LogP contribution is -2.15. The number of benzene rings is 2. The second kappa shape index (κ2) is 6.98. The Kier molecular flexibility index (Phi) is 5.27. The summed E-state index contributed by atoms with van der Waals surface area (Å²) < 4.78 is 27.0. The molecule has 0 aliphatic heterocycles. The minimum atomic E-state index is -3.42. The van der Waals surface area contributed by atoms with Crippen LogP contribution in [-0.2, 0) is 22.3 Å². The minimum absolute atomic E-state index is 0.0542. The van der Waals surface area contributed by atoms with Crippen molar-refractivity contribution in [1.82, 2.24) is 0 Å². The summed E-state index contributed by atoms with van der Waals surface area (Å²) in [5, 5.41) is 0. The minimum Gasteiger partial charge on any atom is -0.326 e. The highest BCUT2D eigenvalue weighted by Gasteiger charge is 2.12. The summed E-state index contributed by atoms with van der Waals surface area (Å²) in [4.78, 5) is 1.02. The summed E-state index contributed by atoms with van der Waals surface area (Å²) in [6.07, 6.45) is 1.95. The maximum Gasteiger partial charge on any atom is 0.236 e. The fraction of sp³-hybridized carbons (Fsp3) is 0.200. The second-order valence-corrected chi connectivity index (χ2v) is 7.22. The van der Waals surface area contributed by atoms with Gasteiger partial charge in [-0.15, -0.1) is 11.8 Å². The first-order valence-electron chi connectivity index (χ1n) is 6.45. The number of hydrogen-bond donors (Lipinski definition) is 2. The molecule has 0 atom stereocenters. The fourth-order valence-corrected chi connectivity index (χ4v) is 3.54. The molecule has 0 saturated carbocycles. The van der Waals surface area contributed by atoms with E-state index >= 15 is 0 Å². The first kappa shape index (κ1) is 15.9. The first-order chi connectivity index (χ1) is 10.0. The van der Waals surface area contributed by atoms with Crippen molar-refractivity contribution in [2.75, 3.05) is 11.0 Å². The predicted octanol–water partition coefficient (Wildman–Crippen LogP) is 2.81. The Hall–Kier alpha value is -1.50. The molecule has 4 nitrogen and oxygen atoms in total. The van der Waals surface area contributed by atoms with Gasteiger partial charge in [-0.05, 0) is 35.6 Å². The van der Waals surface area contributed by atoms with Crippen molar-refractivity contribution >= 4 is 27.5 Å². The topological polar surface area (TPSA) is 72.2 Å². The van der Waals surface area contributed by atoms with Gasteiger partial charge in [0.25, 0.3) is 0 Å². The van der Waals surface area contributed by atoms with E-state index in [4.69, 9.17) is 5.73 Å². The van der Waals surface area contributed by atoms with E-state index in [1.807, 2.05) is 36.6 Å². The molecule has 0 saturated heterocycles. The number of rotatable bonds is 6. The Morgan fingerprint density at radius 3 is 2.38 bits per heavy atom. The molecule has 3 N–H and O–H groups in total. The zero-order valence-electron chi connectivity index (χ0n) is 11.7. The molecule has 112 valence electrons. The van der Waals surface area contributed by atoms with Crippen molar-refractivity contribution in [1.29, 1.82) is 0 Å². The molecule has 2 rings (SSSR count). The normalized spacial score (nSPS) is 11.3. The third-order valence-corrected chi connectivity index (χ3v) is 4.94. The fourth-order valence-electron chi connectivity index (χ4n) is 1.89. The van der Waals surface area contributed by atoms with E-state index in [1.165, 1.54) is 0 Å². The van der Waals surface area contributed by atoms with Crippen LogP contribution in [0.5, 0.6) is 0 Å². The van der Waals surface area contributed by atoms with E-state index in [0.717, 1.165) is 16.0 Å². The van der Waals surface area contributed by atoms with Gasteiger partial charge in [-0.2, -0.15) is 0 Å². The lowest BCUT2D eigenvalue weighted by molar-refractivity contribution is 0.600. The lowest BCUT2D eigenvalue weighted by Gasteiger charge is -2.09. The Morgan fingerprint density at radius 2 is 1.76 bits per heavy atom. The van der Waals surface area contributed by atoms with Crippen molar-refractivity contribution in [3.63, 3.8) is 0 Å². The Morgan fingerprint density at radius 1 is 1.10 bits per heavy atom. The Bertz CT molecular complexity index is 698. The van der Waals surface area contributed by atoms with Gasteiger partial charge in [-0.1, -0.05) is 30.3 Å². The van der Waals surface area contributed by atoms with Gasteiger partial charge in [0.05, 0.1) is 5.75 Å². The molecular weight excluding hydrogens is 304 g/mol. The van der Waals surface area contributed by atoms with Gasteiger partial charge >= 0.3 is 0 Å². The number of sulfonamides is 1. The van der Waals surface area contributed by atoms with Gasteiger partial charge in [-0.25, -0.2) is 8.42 Å². The van der Waals surface area contributed by atoms with Gasteiger partial charge < -0.3 is 5.73 Å². The summed E-state index contributed by atoms with van der Waals surface area (Å²) in [6, 6.07) is 14.6. The van der Waals surface area contributed by atoms with E-state index in [0.29, 0.717) is 12.2 Å². The predicted molar refractivity (Wildman–Crippen MR) is 88.8 cm³/mol. The number of hydrogen-bond acceptors (Lipinski definition) is 4. The standard InChI is InChI=1S/C15H18N2O2S2/c1-20-15-4-2-3-14(9-15)17-21(18,19)11-13-7-5-12(10-16)6-8-13/h2-9,17H,10-11,16H2,1H3. The maximum atomic E-state index is 12.2. The molecule has 0 unspecified atom stereocenters. The van der Waals surface area contributed by atoms with Gasteiger partial charge in [0.15, 0.2) is 0 Å². The molecule has 0 aliphatic rings. The summed E-state index contributed by atoms with van der Waals surface area (Å²) in [5.74, 6) is -0.0542. The van der Waals surface area contributed by atoms with Crippen LogP contribution in [-0.4, -0.2) is 14.7 Å². The molecule has 0 aromatic heterocycles. The molecule has 0 bridgehead atoms. The van der Waals surface area contributed by atoms with Gasteiger partial charge in [0, 0.05) is 17.1 Å². The lowest BCUT2D eigenvalue weighted by atomic mass is 10.1. The van der Waals surface area contributed by atoms with Crippen LogP contribution >= 0.6 is 11.8 Å². The molecule has 0 radical (unpaired) electrons. The molecular formula is C15H18N2O2S2. The first-order valence-corrected chi connectivity index (χ1v) is 9.32. The van der Waals surface area contributed by atoms with Crippen LogP contribution in [0, 0.1) is 0 Å². The number of nitrogens with two attached hydrogens (primary N) is 1. The highest BCUT2D eigenvalue weighted by molar-refractivity contribution is 7.98. The monoisotopic (exact) mass is 322 g/mol. The zero-order valence-corrected chi connectivity index (χ0v) is 13.4. The molecule has 0 fully saturated rings. The van der Waals surface area contributed by atoms with Crippen LogP contribution < -0.4 is 10.5 Å². The molecule has 0 aliphatic carbocycles. The molecule has 2 aromatic rings. The quantitative estimate of drug-likeness (QED) is 0.802. The van der Waals surface area contributed by atoms with Crippen LogP contribution in [0.15, 0.2) is 53.4 Å². The smallest absolute Gasteiger partial charge is 0.236 e. The van der Waals surface area contributed by atoms with Crippen LogP contribution in [0.4, 0.5) is 5.69 Å². The average Bonchev–Trinajstić information content (AvgIpc) is 2.47. The van der Waals surface area contributed by atoms with Gasteiger partial charge in [0.1, 0.15) is 0 Å². The highest BCUT2D eigenvalue weighted by atomic mass is 32.2. The van der Waals surface area contributed by atoms with E-state index in [9.17, 15) is 8.42 Å². The Labute approximate surface area is 129 Å². The van der Waals surface area contributed by atoms with Crippen molar-refractivity contribution < 1.29 is 8.42 Å². The Balaban J connectivity index is 2.10. The van der Waals surface area contributed by atoms with Crippen LogP contribution in [0.2, 0.25) is 0 Å². The third kappa shape index (κ3) is 4.77. The summed E-state index contributed by atoms with van der Waals surface area (Å²) in [6.45, 7) is 0.451. The number of thioether (sulfide) groups is 1. The second-order valence-electron chi connectivity index (χ2n) is 4.61. The van der Waals surface area contributed by atoms with Crippen molar-refractivity contribution in [3.8, 4) is 0 Å². The van der Waals surface area contributed by atoms with Crippen LogP contribution in [0.1, 0.15) is 11.1 Å². The van der Waals surface area contributed by atoms with Crippen LogP contribution in [0.3, 0.4) is 0 Å². The largest absolute Gasteiger partial charge is 0.326 e. The molecule has 6 heteroatoms. The van der Waals surface area contributed by atoms with E-state index in [2.05, 4.69) is 4.72 Å². The summed E-state index contributed by atoms with van der Waals surface area (Å²) in [7, 11) is -3.42. The molecule has 2 aromatic carbocycles. The van der Waals surface area contributed by atoms with Crippen LogP contribution in [0.25, 0.3) is 0 Å². The van der Waals surface area contributed by atoms with E-state index in [-0.39, 0.29) is 5.75 Å². The zero-order chi connectivity index (χ0) is 15.3. The van der Waals surface area contributed by atoms with Crippen molar-refractivity contribution in [2.24, 2.45) is 5.73 Å². The van der Waals surface area contributed by atoms with Gasteiger partial charge in [0.2, 0.25) is 10.0 Å². The third-order valence-electron chi connectivity index (χ3n) is 2.96. The summed E-state index contributed by atoms with van der Waals surface area (Å²) in [5.41, 5.74) is 7.83.